The van der Waals surface area contributed by atoms with E-state index in [1.165, 1.54) is 29.7 Å². The van der Waals surface area contributed by atoms with Crippen LogP contribution >= 0.6 is 11.3 Å². The molecular formula is C19H17N5O6S. The van der Waals surface area contributed by atoms with Gasteiger partial charge in [-0.2, -0.15) is 5.10 Å². The number of amides is 1. The SMILES string of the molecule is COCCN=c1scc(-c2ccc3c(c2)NC(=O)CO3)n1N=Cc1ccc([N+](=O)[O-])o1. The van der Waals surface area contributed by atoms with E-state index in [2.05, 4.69) is 15.4 Å². The molecule has 3 aromatic rings. The Balaban J connectivity index is 1.73. The second-order valence-electron chi connectivity index (χ2n) is 6.32. The van der Waals surface area contributed by atoms with E-state index in [1.807, 2.05) is 11.4 Å². The molecule has 2 aromatic heterocycles. The third kappa shape index (κ3) is 4.54. The lowest BCUT2D eigenvalue weighted by molar-refractivity contribution is -0.402. The second kappa shape index (κ2) is 8.93. The molecule has 31 heavy (non-hydrogen) atoms. The number of hydrogen-bond acceptors (Lipinski definition) is 9. The van der Waals surface area contributed by atoms with Crippen molar-refractivity contribution in [1.29, 1.82) is 0 Å². The highest BCUT2D eigenvalue weighted by molar-refractivity contribution is 7.07. The summed E-state index contributed by atoms with van der Waals surface area (Å²) >= 11 is 1.37. The van der Waals surface area contributed by atoms with Crippen molar-refractivity contribution in [1.82, 2.24) is 4.68 Å². The first-order valence-corrected chi connectivity index (χ1v) is 9.99. The van der Waals surface area contributed by atoms with Crippen molar-refractivity contribution in [3.8, 4) is 17.0 Å². The average molecular weight is 443 g/mol. The van der Waals surface area contributed by atoms with E-state index in [4.69, 9.17) is 13.9 Å². The van der Waals surface area contributed by atoms with Gasteiger partial charge in [-0.15, -0.1) is 11.3 Å². The van der Waals surface area contributed by atoms with Gasteiger partial charge >= 0.3 is 5.88 Å². The average Bonchev–Trinajstić information content (AvgIpc) is 3.39. The summed E-state index contributed by atoms with van der Waals surface area (Å²) in [5.41, 5.74) is 2.05. The first-order valence-electron chi connectivity index (χ1n) is 9.11. The second-order valence-corrected chi connectivity index (χ2v) is 7.15. The Morgan fingerprint density at radius 3 is 3.03 bits per heavy atom. The zero-order valence-electron chi connectivity index (χ0n) is 16.3. The summed E-state index contributed by atoms with van der Waals surface area (Å²) in [5.74, 6) is 0.217. The Morgan fingerprint density at radius 1 is 1.39 bits per heavy atom. The summed E-state index contributed by atoms with van der Waals surface area (Å²) in [6.07, 6.45) is 1.38. The van der Waals surface area contributed by atoms with Gasteiger partial charge < -0.3 is 19.2 Å². The number of carbonyl (C=O) groups is 1. The number of anilines is 1. The molecule has 0 saturated carbocycles. The number of fused-ring (bicyclic) bond motifs is 1. The number of nitro groups is 1. The molecule has 160 valence electrons. The van der Waals surface area contributed by atoms with Crippen molar-refractivity contribution < 1.29 is 23.6 Å². The summed E-state index contributed by atoms with van der Waals surface area (Å²) < 4.78 is 17.2. The van der Waals surface area contributed by atoms with E-state index in [0.29, 0.717) is 35.1 Å². The number of nitrogens with zero attached hydrogens (tertiary/aromatic N) is 4. The molecule has 0 fully saturated rings. The van der Waals surface area contributed by atoms with E-state index in [1.54, 1.807) is 23.9 Å². The number of rotatable bonds is 7. The van der Waals surface area contributed by atoms with Gasteiger partial charge in [0.05, 0.1) is 36.8 Å². The molecule has 1 N–H and O–H groups in total. The molecule has 1 aromatic carbocycles. The Labute approximate surface area is 179 Å². The first-order chi connectivity index (χ1) is 15.0. The normalized spacial score (nSPS) is 13.8. The fourth-order valence-corrected chi connectivity index (χ4v) is 3.68. The Morgan fingerprint density at radius 2 is 2.26 bits per heavy atom. The highest BCUT2D eigenvalue weighted by Gasteiger charge is 2.18. The quantitative estimate of drug-likeness (QED) is 0.258. The van der Waals surface area contributed by atoms with Crippen LogP contribution in [0.3, 0.4) is 0 Å². The summed E-state index contributed by atoms with van der Waals surface area (Å²) in [7, 11) is 1.59. The summed E-state index contributed by atoms with van der Waals surface area (Å²) in [4.78, 5) is 27.0. The molecule has 0 bridgehead atoms. The van der Waals surface area contributed by atoms with Crippen LogP contribution in [0.1, 0.15) is 5.76 Å². The largest absolute Gasteiger partial charge is 0.482 e. The third-order valence-corrected chi connectivity index (χ3v) is 5.08. The fourth-order valence-electron chi connectivity index (χ4n) is 2.82. The molecular weight excluding hydrogens is 426 g/mol. The van der Waals surface area contributed by atoms with Gasteiger partial charge in [-0.1, -0.05) is 0 Å². The number of methoxy groups -OCH3 is 1. The molecule has 12 heteroatoms. The number of thiazole rings is 1. The lowest BCUT2D eigenvalue weighted by Gasteiger charge is -2.18. The Bertz CT molecular complexity index is 1220. The minimum absolute atomic E-state index is 0.0209. The van der Waals surface area contributed by atoms with E-state index in [9.17, 15) is 14.9 Å². The van der Waals surface area contributed by atoms with Gasteiger partial charge in [-0.25, -0.2) is 4.68 Å². The van der Waals surface area contributed by atoms with Gasteiger partial charge in [0.2, 0.25) is 4.80 Å². The summed E-state index contributed by atoms with van der Waals surface area (Å²) in [6, 6.07) is 8.13. The molecule has 0 spiro atoms. The van der Waals surface area contributed by atoms with Crippen LogP contribution in [-0.2, 0) is 9.53 Å². The molecule has 0 unspecified atom stereocenters. The molecule has 4 rings (SSSR count). The van der Waals surface area contributed by atoms with Crippen LogP contribution in [0.5, 0.6) is 5.75 Å². The molecule has 0 aliphatic carbocycles. The number of benzene rings is 1. The number of aromatic nitrogens is 1. The monoisotopic (exact) mass is 443 g/mol. The van der Waals surface area contributed by atoms with Gasteiger partial charge in [0.25, 0.3) is 5.91 Å². The van der Waals surface area contributed by atoms with Crippen LogP contribution in [0, 0.1) is 10.1 Å². The van der Waals surface area contributed by atoms with E-state index in [0.717, 1.165) is 5.56 Å². The van der Waals surface area contributed by atoms with Crippen LogP contribution in [0.25, 0.3) is 11.3 Å². The minimum atomic E-state index is -0.616. The minimum Gasteiger partial charge on any atom is -0.482 e. The zero-order chi connectivity index (χ0) is 21.8. The lowest BCUT2D eigenvalue weighted by Crippen LogP contribution is -2.25. The molecule has 3 heterocycles. The number of carbonyl (C=O) groups excluding carboxylic acids is 1. The van der Waals surface area contributed by atoms with Crippen molar-refractivity contribution in [3.05, 3.63) is 56.4 Å². The van der Waals surface area contributed by atoms with Gasteiger partial charge in [0, 0.05) is 18.1 Å². The maximum atomic E-state index is 11.7. The highest BCUT2D eigenvalue weighted by atomic mass is 32.1. The van der Waals surface area contributed by atoms with Crippen molar-refractivity contribution in [3.63, 3.8) is 0 Å². The predicted molar refractivity (Wildman–Crippen MR) is 113 cm³/mol. The number of nitrogens with one attached hydrogen (secondary N) is 1. The lowest BCUT2D eigenvalue weighted by atomic mass is 10.1. The topological polar surface area (TPSA) is 133 Å². The molecule has 0 saturated heterocycles. The van der Waals surface area contributed by atoms with E-state index in [-0.39, 0.29) is 24.2 Å². The highest BCUT2D eigenvalue weighted by Crippen LogP contribution is 2.32. The number of furan rings is 1. The number of ether oxygens (including phenoxy) is 2. The molecule has 11 nitrogen and oxygen atoms in total. The molecule has 1 aliphatic heterocycles. The maximum absolute atomic E-state index is 11.7. The van der Waals surface area contributed by atoms with Gasteiger partial charge in [-0.3, -0.25) is 19.9 Å². The third-order valence-electron chi connectivity index (χ3n) is 4.23. The Kier molecular flexibility index (Phi) is 5.91. The fraction of sp³-hybridized carbons (Fsp3) is 0.211. The van der Waals surface area contributed by atoms with Crippen molar-refractivity contribution in [2.45, 2.75) is 0 Å². The molecule has 0 atom stereocenters. The molecule has 1 aliphatic rings. The maximum Gasteiger partial charge on any atom is 0.433 e. The predicted octanol–water partition coefficient (Wildman–Crippen LogP) is 2.48. The standard InChI is InChI=1S/C19H17N5O6S/c1-28-7-6-20-19-23(21-9-13-3-5-18(30-13)24(26)27)15(11-31-19)12-2-4-16-14(8-12)22-17(25)10-29-16/h2-5,8-9,11H,6-7,10H2,1H3,(H,22,25). The van der Waals surface area contributed by atoms with Crippen molar-refractivity contribution >= 4 is 35.0 Å². The van der Waals surface area contributed by atoms with E-state index >= 15 is 0 Å². The van der Waals surface area contributed by atoms with Crippen LogP contribution < -0.4 is 14.9 Å². The van der Waals surface area contributed by atoms with E-state index < -0.39 is 4.92 Å². The van der Waals surface area contributed by atoms with Gasteiger partial charge in [0.15, 0.2) is 12.4 Å². The summed E-state index contributed by atoms with van der Waals surface area (Å²) in [5, 5.41) is 19.9. The van der Waals surface area contributed by atoms with Crippen LogP contribution in [0.2, 0.25) is 0 Å². The Hall–Kier alpha value is -3.77. The van der Waals surface area contributed by atoms with Gasteiger partial charge in [-0.05, 0) is 24.3 Å². The van der Waals surface area contributed by atoms with Crippen LogP contribution in [0.15, 0.2) is 50.2 Å². The van der Waals surface area contributed by atoms with Crippen LogP contribution in [-0.4, -0.2) is 48.6 Å². The molecule has 0 radical (unpaired) electrons. The zero-order valence-corrected chi connectivity index (χ0v) is 17.1. The van der Waals surface area contributed by atoms with Gasteiger partial charge in [0.1, 0.15) is 10.7 Å². The number of hydrogen-bond donors (Lipinski definition) is 1. The van der Waals surface area contributed by atoms with Crippen molar-refractivity contribution in [2.24, 2.45) is 10.1 Å². The molecule has 1 amide bonds. The smallest absolute Gasteiger partial charge is 0.433 e. The first kappa shape index (κ1) is 20.5. The summed E-state index contributed by atoms with van der Waals surface area (Å²) in [6.45, 7) is 0.864. The van der Waals surface area contributed by atoms with Crippen LogP contribution in [0.4, 0.5) is 11.6 Å². The van der Waals surface area contributed by atoms with Crippen molar-refractivity contribution in [2.75, 3.05) is 32.2 Å².